The minimum atomic E-state index is 0.438. The first-order valence-corrected chi connectivity index (χ1v) is 9.07. The highest BCUT2D eigenvalue weighted by Gasteiger charge is 2.11. The molecular formula is C23H21N3O2. The number of nitrogens with one attached hydrogen (secondary N) is 1. The molecule has 0 aliphatic carbocycles. The van der Waals surface area contributed by atoms with Crippen LogP contribution in [-0.2, 0) is 13.2 Å². The number of nitrogens with zero attached hydrogens (tertiary/aromatic N) is 1. The van der Waals surface area contributed by atoms with Crippen LogP contribution in [0.25, 0.3) is 11.3 Å². The lowest BCUT2D eigenvalue weighted by atomic mass is 10.1. The molecular weight excluding hydrogens is 350 g/mol. The van der Waals surface area contributed by atoms with Gasteiger partial charge in [-0.05, 0) is 23.3 Å². The van der Waals surface area contributed by atoms with Crippen molar-refractivity contribution in [2.45, 2.75) is 13.2 Å². The molecule has 0 unspecified atom stereocenters. The smallest absolute Gasteiger partial charge is 0.145 e. The minimum absolute atomic E-state index is 0.438. The van der Waals surface area contributed by atoms with Gasteiger partial charge < -0.3 is 15.2 Å². The van der Waals surface area contributed by atoms with Gasteiger partial charge in [-0.2, -0.15) is 5.10 Å². The second kappa shape index (κ2) is 8.31. The Labute approximate surface area is 163 Å². The van der Waals surface area contributed by atoms with Gasteiger partial charge in [-0.3, -0.25) is 5.10 Å². The maximum Gasteiger partial charge on any atom is 0.145 e. The van der Waals surface area contributed by atoms with Crippen molar-refractivity contribution in [3.05, 3.63) is 96.1 Å². The number of benzene rings is 3. The fraction of sp³-hybridized carbons (Fsp3) is 0.0870. The monoisotopic (exact) mass is 371 g/mol. The molecule has 0 bridgehead atoms. The number of nitrogen functional groups attached to an aromatic ring is 1. The molecule has 140 valence electrons. The Morgan fingerprint density at radius 2 is 1.39 bits per heavy atom. The van der Waals surface area contributed by atoms with Crippen molar-refractivity contribution < 1.29 is 9.47 Å². The predicted molar refractivity (Wildman–Crippen MR) is 110 cm³/mol. The molecule has 0 saturated carbocycles. The first-order chi connectivity index (χ1) is 13.8. The van der Waals surface area contributed by atoms with Crippen LogP contribution in [0.1, 0.15) is 11.1 Å². The van der Waals surface area contributed by atoms with E-state index in [1.54, 1.807) is 6.07 Å². The van der Waals surface area contributed by atoms with Crippen molar-refractivity contribution in [1.29, 1.82) is 0 Å². The summed E-state index contributed by atoms with van der Waals surface area (Å²) in [7, 11) is 0. The van der Waals surface area contributed by atoms with E-state index in [0.29, 0.717) is 24.8 Å². The van der Waals surface area contributed by atoms with E-state index in [2.05, 4.69) is 10.2 Å². The van der Waals surface area contributed by atoms with E-state index in [1.165, 1.54) is 0 Å². The normalized spacial score (nSPS) is 10.6. The van der Waals surface area contributed by atoms with E-state index in [1.807, 2.05) is 78.9 Å². The van der Waals surface area contributed by atoms with Crippen LogP contribution >= 0.6 is 0 Å². The maximum absolute atomic E-state index is 6.11. The molecule has 0 amide bonds. The number of hydrogen-bond acceptors (Lipinski definition) is 4. The Balaban J connectivity index is 1.57. The van der Waals surface area contributed by atoms with E-state index < -0.39 is 0 Å². The van der Waals surface area contributed by atoms with Crippen molar-refractivity contribution in [2.24, 2.45) is 0 Å². The molecule has 0 aliphatic rings. The number of rotatable bonds is 7. The van der Waals surface area contributed by atoms with Crippen LogP contribution in [0.3, 0.4) is 0 Å². The molecule has 4 rings (SSSR count). The quantitative estimate of drug-likeness (QED) is 0.489. The summed E-state index contributed by atoms with van der Waals surface area (Å²) in [5.41, 5.74) is 9.65. The molecule has 5 heteroatoms. The topological polar surface area (TPSA) is 73.2 Å². The first-order valence-electron chi connectivity index (χ1n) is 9.07. The Morgan fingerprint density at radius 1 is 0.750 bits per heavy atom. The predicted octanol–water partition coefficient (Wildman–Crippen LogP) is 4.82. The molecule has 28 heavy (non-hydrogen) atoms. The van der Waals surface area contributed by atoms with Crippen LogP contribution in [0, 0.1) is 0 Å². The Kier molecular flexibility index (Phi) is 5.24. The third kappa shape index (κ3) is 4.32. The average Bonchev–Trinajstić information content (AvgIpc) is 3.18. The van der Waals surface area contributed by atoms with Gasteiger partial charge in [0.2, 0.25) is 0 Å². The summed E-state index contributed by atoms with van der Waals surface area (Å²) in [6, 6.07) is 27.7. The number of ether oxygens (including phenoxy) is 2. The van der Waals surface area contributed by atoms with Gasteiger partial charge in [0, 0.05) is 17.7 Å². The molecule has 5 nitrogen and oxygen atoms in total. The van der Waals surface area contributed by atoms with Crippen molar-refractivity contribution >= 4 is 5.82 Å². The van der Waals surface area contributed by atoms with Crippen molar-refractivity contribution in [1.82, 2.24) is 10.2 Å². The highest BCUT2D eigenvalue weighted by atomic mass is 16.5. The summed E-state index contributed by atoms with van der Waals surface area (Å²) >= 11 is 0. The van der Waals surface area contributed by atoms with E-state index in [9.17, 15) is 0 Å². The van der Waals surface area contributed by atoms with Gasteiger partial charge in [0.05, 0.1) is 5.69 Å². The Bertz CT molecular complexity index is 1030. The Morgan fingerprint density at radius 3 is 2.00 bits per heavy atom. The number of nitrogens with two attached hydrogens (primary N) is 1. The molecule has 1 aromatic heterocycles. The maximum atomic E-state index is 6.11. The van der Waals surface area contributed by atoms with Crippen LogP contribution < -0.4 is 15.2 Å². The van der Waals surface area contributed by atoms with Gasteiger partial charge in [-0.1, -0.05) is 60.7 Å². The van der Waals surface area contributed by atoms with Gasteiger partial charge in [0.25, 0.3) is 0 Å². The number of aromatic amines is 1. The number of hydrogen-bond donors (Lipinski definition) is 2. The molecule has 0 saturated heterocycles. The molecule has 0 fully saturated rings. The second-order valence-electron chi connectivity index (χ2n) is 6.41. The lowest BCUT2D eigenvalue weighted by molar-refractivity contribution is 0.291. The summed E-state index contributed by atoms with van der Waals surface area (Å²) in [5, 5.41) is 6.96. The summed E-state index contributed by atoms with van der Waals surface area (Å²) in [5.74, 6) is 1.88. The van der Waals surface area contributed by atoms with E-state index in [0.717, 1.165) is 28.1 Å². The standard InChI is InChI=1S/C23H21N3O2/c24-23-14-21(25-26-23)20-12-11-19(27-15-17-7-3-1-4-8-17)13-22(20)28-16-18-9-5-2-6-10-18/h1-14H,15-16H2,(H3,24,25,26). The zero-order valence-corrected chi connectivity index (χ0v) is 15.3. The van der Waals surface area contributed by atoms with Gasteiger partial charge in [0.1, 0.15) is 30.5 Å². The third-order valence-electron chi connectivity index (χ3n) is 4.33. The zero-order chi connectivity index (χ0) is 19.2. The van der Waals surface area contributed by atoms with E-state index in [-0.39, 0.29) is 0 Å². The summed E-state index contributed by atoms with van der Waals surface area (Å²) < 4.78 is 12.1. The van der Waals surface area contributed by atoms with Crippen molar-refractivity contribution in [3.8, 4) is 22.8 Å². The summed E-state index contributed by atoms with van der Waals surface area (Å²) in [6.45, 7) is 0.953. The summed E-state index contributed by atoms with van der Waals surface area (Å²) in [6.07, 6.45) is 0. The zero-order valence-electron chi connectivity index (χ0n) is 15.3. The number of anilines is 1. The van der Waals surface area contributed by atoms with Crippen LogP contribution in [0.15, 0.2) is 84.9 Å². The van der Waals surface area contributed by atoms with Crippen molar-refractivity contribution in [2.75, 3.05) is 5.73 Å². The van der Waals surface area contributed by atoms with Gasteiger partial charge >= 0.3 is 0 Å². The van der Waals surface area contributed by atoms with Gasteiger partial charge in [0.15, 0.2) is 0 Å². The van der Waals surface area contributed by atoms with Gasteiger partial charge in [-0.15, -0.1) is 0 Å². The van der Waals surface area contributed by atoms with Crippen LogP contribution in [0.4, 0.5) is 5.82 Å². The SMILES string of the molecule is Nc1cc(-c2ccc(OCc3ccccc3)cc2OCc2ccccc2)[nH]n1. The molecule has 1 heterocycles. The number of H-pyrrole nitrogens is 1. The average molecular weight is 371 g/mol. The molecule has 0 aliphatic heterocycles. The second-order valence-corrected chi connectivity index (χ2v) is 6.41. The molecule has 4 aromatic rings. The molecule has 0 atom stereocenters. The third-order valence-corrected chi connectivity index (χ3v) is 4.33. The molecule has 0 spiro atoms. The van der Waals surface area contributed by atoms with Crippen LogP contribution in [0.2, 0.25) is 0 Å². The Hall–Kier alpha value is -3.73. The first kappa shape index (κ1) is 17.7. The highest BCUT2D eigenvalue weighted by molar-refractivity contribution is 5.70. The lowest BCUT2D eigenvalue weighted by Crippen LogP contribution is -1.99. The molecule has 3 aromatic carbocycles. The highest BCUT2D eigenvalue weighted by Crippen LogP contribution is 2.34. The van der Waals surface area contributed by atoms with Crippen LogP contribution in [0.5, 0.6) is 11.5 Å². The minimum Gasteiger partial charge on any atom is -0.489 e. The largest absolute Gasteiger partial charge is 0.489 e. The fourth-order valence-electron chi connectivity index (χ4n) is 2.89. The van der Waals surface area contributed by atoms with Crippen LogP contribution in [-0.4, -0.2) is 10.2 Å². The van der Waals surface area contributed by atoms with E-state index >= 15 is 0 Å². The number of aromatic nitrogens is 2. The van der Waals surface area contributed by atoms with Gasteiger partial charge in [-0.25, -0.2) is 0 Å². The fourth-order valence-corrected chi connectivity index (χ4v) is 2.89. The molecule has 0 radical (unpaired) electrons. The molecule has 3 N–H and O–H groups in total. The lowest BCUT2D eigenvalue weighted by Gasteiger charge is -2.13. The summed E-state index contributed by atoms with van der Waals surface area (Å²) in [4.78, 5) is 0. The van der Waals surface area contributed by atoms with Crippen molar-refractivity contribution in [3.63, 3.8) is 0 Å². The van der Waals surface area contributed by atoms with E-state index in [4.69, 9.17) is 15.2 Å².